The van der Waals surface area contributed by atoms with E-state index in [1.807, 2.05) is 60.7 Å². The molecule has 6 aromatic carbocycles. The molecule has 9 rings (SSSR count). The minimum absolute atomic E-state index is 0.669. The number of hydrogen-bond acceptors (Lipinski definition) is 4. The summed E-state index contributed by atoms with van der Waals surface area (Å²) in [6, 6.07) is 58.4. The van der Waals surface area contributed by atoms with Gasteiger partial charge in [-0.05, 0) is 35.7 Å². The maximum absolute atomic E-state index is 5.31. The second-order valence-corrected chi connectivity index (χ2v) is 11.9. The van der Waals surface area contributed by atoms with E-state index >= 15 is 0 Å². The van der Waals surface area contributed by atoms with Crippen molar-refractivity contribution in [1.29, 1.82) is 0 Å². The summed E-state index contributed by atoms with van der Waals surface area (Å²) in [4.78, 5) is 20.8. The second kappa shape index (κ2) is 11.7. The first kappa shape index (κ1) is 27.8. The average molecular weight is 613 g/mol. The van der Waals surface area contributed by atoms with E-state index in [1.54, 1.807) is 0 Å². The highest BCUT2D eigenvalue weighted by atomic mass is 14.9. The van der Waals surface area contributed by atoms with Crippen LogP contribution in [0.15, 0.2) is 170 Å². The maximum Gasteiger partial charge on any atom is 0.160 e. The van der Waals surface area contributed by atoms with E-state index < -0.39 is 0 Å². The number of nitrogens with zero attached hydrogens (tertiary/aromatic N) is 4. The molecule has 0 aliphatic rings. The summed E-state index contributed by atoms with van der Waals surface area (Å²) in [5.41, 5.74) is 10.6. The van der Waals surface area contributed by atoms with Gasteiger partial charge in [0.15, 0.2) is 5.82 Å². The van der Waals surface area contributed by atoms with Gasteiger partial charge in [0.25, 0.3) is 0 Å². The highest BCUT2D eigenvalue weighted by molar-refractivity contribution is 6.20. The van der Waals surface area contributed by atoms with Crippen LogP contribution in [0.4, 0.5) is 0 Å². The minimum Gasteiger partial charge on any atom is -0.247 e. The van der Waals surface area contributed by atoms with E-state index in [-0.39, 0.29) is 0 Å². The number of hydrogen-bond donors (Lipinski definition) is 0. The molecule has 4 heteroatoms. The first-order valence-electron chi connectivity index (χ1n) is 16.1. The summed E-state index contributed by atoms with van der Waals surface area (Å²) in [6.07, 6.45) is 0. The smallest absolute Gasteiger partial charge is 0.160 e. The molecule has 9 aromatic rings. The molecule has 0 amide bonds. The van der Waals surface area contributed by atoms with Gasteiger partial charge in [-0.15, -0.1) is 0 Å². The lowest BCUT2D eigenvalue weighted by molar-refractivity contribution is 1.18. The third-order valence-corrected chi connectivity index (χ3v) is 8.86. The lowest BCUT2D eigenvalue weighted by Gasteiger charge is -2.14. The Hall–Kier alpha value is -6.52. The van der Waals surface area contributed by atoms with Gasteiger partial charge in [0, 0.05) is 44.0 Å². The topological polar surface area (TPSA) is 51.6 Å². The standard InChI is InChI=1S/C44H28N4/c1-5-13-29(14-6-1)37-25-22-33-21-24-35-36-27-34(23-26-38(36)46-42(41(35)43(33)45-37)32-19-11-4-12-20-32)44-47-39(30-15-7-2-8-16-30)28-40(48-44)31-17-9-3-10-18-31/h1-28H. The van der Waals surface area contributed by atoms with Crippen LogP contribution in [0.25, 0.3) is 89.0 Å². The molecule has 0 radical (unpaired) electrons. The predicted octanol–water partition coefficient (Wildman–Crippen LogP) is 11.1. The van der Waals surface area contributed by atoms with E-state index in [0.717, 1.165) is 83.2 Å². The van der Waals surface area contributed by atoms with Crippen LogP contribution in [0.1, 0.15) is 0 Å². The number of aromatic nitrogens is 4. The first-order chi connectivity index (χ1) is 23.8. The van der Waals surface area contributed by atoms with Crippen molar-refractivity contribution in [3.8, 4) is 56.4 Å². The summed E-state index contributed by atoms with van der Waals surface area (Å²) >= 11 is 0. The molecule has 0 saturated heterocycles. The number of fused-ring (bicyclic) bond motifs is 5. The fraction of sp³-hybridized carbons (Fsp3) is 0. The Kier molecular flexibility index (Phi) is 6.76. The van der Waals surface area contributed by atoms with Crippen molar-refractivity contribution in [2.75, 3.05) is 0 Å². The predicted molar refractivity (Wildman–Crippen MR) is 197 cm³/mol. The van der Waals surface area contributed by atoms with Gasteiger partial charge in [0.05, 0.1) is 33.8 Å². The zero-order valence-electron chi connectivity index (χ0n) is 26.0. The molecule has 0 N–H and O–H groups in total. The lowest BCUT2D eigenvalue weighted by Crippen LogP contribution is -1.97. The van der Waals surface area contributed by atoms with Gasteiger partial charge in [-0.3, -0.25) is 0 Å². The number of rotatable bonds is 5. The fourth-order valence-electron chi connectivity index (χ4n) is 6.48. The summed E-state index contributed by atoms with van der Waals surface area (Å²) in [7, 11) is 0. The molecule has 0 bridgehead atoms. The fourth-order valence-corrected chi connectivity index (χ4v) is 6.48. The molecule has 48 heavy (non-hydrogen) atoms. The van der Waals surface area contributed by atoms with Crippen molar-refractivity contribution in [2.45, 2.75) is 0 Å². The molecule has 0 unspecified atom stereocenters. The van der Waals surface area contributed by atoms with E-state index in [2.05, 4.69) is 109 Å². The van der Waals surface area contributed by atoms with Crippen LogP contribution < -0.4 is 0 Å². The van der Waals surface area contributed by atoms with E-state index in [9.17, 15) is 0 Å². The monoisotopic (exact) mass is 612 g/mol. The Morgan fingerprint density at radius 2 is 0.875 bits per heavy atom. The van der Waals surface area contributed by atoms with E-state index in [4.69, 9.17) is 19.9 Å². The van der Waals surface area contributed by atoms with Gasteiger partial charge < -0.3 is 0 Å². The number of pyridine rings is 2. The van der Waals surface area contributed by atoms with Crippen LogP contribution in [0.3, 0.4) is 0 Å². The molecule has 0 aliphatic carbocycles. The first-order valence-corrected chi connectivity index (χ1v) is 16.1. The Bertz CT molecular complexity index is 2530. The molecular formula is C44H28N4. The molecule has 224 valence electrons. The molecule has 3 heterocycles. The molecule has 0 atom stereocenters. The van der Waals surface area contributed by atoms with Crippen molar-refractivity contribution in [3.05, 3.63) is 170 Å². The SMILES string of the molecule is c1ccc(-c2cc(-c3ccccc3)nc(-c3ccc4nc(-c5ccccc5)c5c(ccc6ccc(-c7ccccc7)nc65)c4c3)n2)cc1. The van der Waals surface area contributed by atoms with Crippen LogP contribution in [0.5, 0.6) is 0 Å². The van der Waals surface area contributed by atoms with Gasteiger partial charge in [0.2, 0.25) is 0 Å². The quantitative estimate of drug-likeness (QED) is 0.181. The van der Waals surface area contributed by atoms with E-state index in [0.29, 0.717) is 5.82 Å². The van der Waals surface area contributed by atoms with Crippen LogP contribution >= 0.6 is 0 Å². The van der Waals surface area contributed by atoms with E-state index in [1.165, 1.54) is 0 Å². The van der Waals surface area contributed by atoms with Gasteiger partial charge in [-0.2, -0.15) is 0 Å². The van der Waals surface area contributed by atoms with Crippen LogP contribution in [0.2, 0.25) is 0 Å². The largest absolute Gasteiger partial charge is 0.247 e. The molecule has 0 aliphatic heterocycles. The molecule has 0 saturated carbocycles. The Morgan fingerprint density at radius 3 is 1.48 bits per heavy atom. The zero-order valence-corrected chi connectivity index (χ0v) is 26.0. The Morgan fingerprint density at radius 1 is 0.333 bits per heavy atom. The normalized spacial score (nSPS) is 11.3. The lowest BCUT2D eigenvalue weighted by atomic mass is 9.96. The van der Waals surface area contributed by atoms with Crippen molar-refractivity contribution in [2.24, 2.45) is 0 Å². The van der Waals surface area contributed by atoms with Crippen molar-refractivity contribution >= 4 is 32.6 Å². The minimum atomic E-state index is 0.669. The molecule has 3 aromatic heterocycles. The third kappa shape index (κ3) is 4.97. The van der Waals surface area contributed by atoms with Crippen LogP contribution in [-0.2, 0) is 0 Å². The highest BCUT2D eigenvalue weighted by Gasteiger charge is 2.17. The van der Waals surface area contributed by atoms with Gasteiger partial charge >= 0.3 is 0 Å². The Labute approximate surface area is 278 Å². The molecule has 0 fully saturated rings. The summed E-state index contributed by atoms with van der Waals surface area (Å²) in [5, 5.41) is 4.23. The Balaban J connectivity index is 1.31. The third-order valence-electron chi connectivity index (χ3n) is 8.86. The van der Waals surface area contributed by atoms with Gasteiger partial charge in [-0.25, -0.2) is 19.9 Å². The zero-order chi connectivity index (χ0) is 31.9. The van der Waals surface area contributed by atoms with Gasteiger partial charge in [0.1, 0.15) is 0 Å². The molecular weight excluding hydrogens is 585 g/mol. The summed E-state index contributed by atoms with van der Waals surface area (Å²) in [5.74, 6) is 0.669. The highest BCUT2D eigenvalue weighted by Crippen LogP contribution is 2.39. The van der Waals surface area contributed by atoms with Crippen LogP contribution in [0, 0.1) is 0 Å². The summed E-state index contributed by atoms with van der Waals surface area (Å²) in [6.45, 7) is 0. The van der Waals surface area contributed by atoms with Crippen molar-refractivity contribution in [1.82, 2.24) is 19.9 Å². The number of benzene rings is 6. The summed E-state index contributed by atoms with van der Waals surface area (Å²) < 4.78 is 0. The second-order valence-electron chi connectivity index (χ2n) is 11.9. The van der Waals surface area contributed by atoms with Gasteiger partial charge in [-0.1, -0.05) is 140 Å². The van der Waals surface area contributed by atoms with Crippen LogP contribution in [-0.4, -0.2) is 19.9 Å². The maximum atomic E-state index is 5.31. The van der Waals surface area contributed by atoms with Crippen molar-refractivity contribution < 1.29 is 0 Å². The average Bonchev–Trinajstić information content (AvgIpc) is 3.18. The molecule has 4 nitrogen and oxygen atoms in total. The van der Waals surface area contributed by atoms with Crippen molar-refractivity contribution in [3.63, 3.8) is 0 Å². The molecule has 0 spiro atoms.